The van der Waals surface area contributed by atoms with Gasteiger partial charge in [0.2, 0.25) is 0 Å². The van der Waals surface area contributed by atoms with Crippen LogP contribution in [-0.2, 0) is 0 Å². The van der Waals surface area contributed by atoms with Crippen LogP contribution < -0.4 is 10.5 Å². The first-order chi connectivity index (χ1) is 6.27. The van der Waals surface area contributed by atoms with E-state index in [4.69, 9.17) is 10.5 Å². The highest BCUT2D eigenvalue weighted by molar-refractivity contribution is 5.46. The molecule has 0 aliphatic heterocycles. The van der Waals surface area contributed by atoms with Crippen LogP contribution in [0.15, 0.2) is 18.2 Å². The monoisotopic (exact) mass is 179 g/mol. The summed E-state index contributed by atoms with van der Waals surface area (Å²) < 4.78 is 17.6. The topological polar surface area (TPSA) is 35.2 Å². The Morgan fingerprint density at radius 2 is 2.31 bits per heavy atom. The van der Waals surface area contributed by atoms with Gasteiger partial charge in [0.05, 0.1) is 19.2 Å². The van der Waals surface area contributed by atoms with Crippen LogP contribution in [0.3, 0.4) is 0 Å². The van der Waals surface area contributed by atoms with Gasteiger partial charge in [-0.1, -0.05) is 11.8 Å². The standard InChI is InChI=1S/C10H10FNO/c1-13-10-7-9(11)5-4-8(10)3-2-6-12/h4-5,7H,6,12H2,1H3. The fourth-order valence-corrected chi connectivity index (χ4v) is 0.915. The molecule has 3 heteroatoms. The van der Waals surface area contributed by atoms with Crippen LogP contribution >= 0.6 is 0 Å². The van der Waals surface area contributed by atoms with Crippen molar-refractivity contribution in [3.8, 4) is 17.6 Å². The van der Waals surface area contributed by atoms with Crippen molar-refractivity contribution in [1.29, 1.82) is 0 Å². The molecule has 1 aromatic carbocycles. The molecule has 0 atom stereocenters. The fourth-order valence-electron chi connectivity index (χ4n) is 0.915. The van der Waals surface area contributed by atoms with E-state index in [-0.39, 0.29) is 12.4 Å². The third-order valence-electron chi connectivity index (χ3n) is 1.49. The highest BCUT2D eigenvalue weighted by atomic mass is 19.1. The second-order valence-electron chi connectivity index (χ2n) is 2.35. The summed E-state index contributed by atoms with van der Waals surface area (Å²) in [5, 5.41) is 0. The zero-order valence-corrected chi connectivity index (χ0v) is 7.30. The first-order valence-electron chi connectivity index (χ1n) is 3.80. The van der Waals surface area contributed by atoms with Gasteiger partial charge in [-0.15, -0.1) is 0 Å². The second kappa shape index (κ2) is 4.48. The summed E-state index contributed by atoms with van der Waals surface area (Å²) in [7, 11) is 1.47. The van der Waals surface area contributed by atoms with Crippen molar-refractivity contribution in [2.24, 2.45) is 5.73 Å². The lowest BCUT2D eigenvalue weighted by Crippen LogP contribution is -1.94. The fraction of sp³-hybridized carbons (Fsp3) is 0.200. The minimum absolute atomic E-state index is 0.278. The van der Waals surface area contributed by atoms with Crippen LogP contribution in [0.1, 0.15) is 5.56 Å². The Morgan fingerprint density at radius 3 is 2.92 bits per heavy atom. The summed E-state index contributed by atoms with van der Waals surface area (Å²) >= 11 is 0. The Bertz CT molecular complexity index is 352. The number of methoxy groups -OCH3 is 1. The highest BCUT2D eigenvalue weighted by Gasteiger charge is 2.00. The average Bonchev–Trinajstić information content (AvgIpc) is 2.16. The van der Waals surface area contributed by atoms with E-state index in [1.165, 1.54) is 19.2 Å². The molecule has 0 saturated heterocycles. The molecule has 0 unspecified atom stereocenters. The van der Waals surface area contributed by atoms with Gasteiger partial charge in [0.25, 0.3) is 0 Å². The Kier molecular flexibility index (Phi) is 3.30. The van der Waals surface area contributed by atoms with Gasteiger partial charge in [-0.05, 0) is 12.1 Å². The minimum atomic E-state index is -0.338. The van der Waals surface area contributed by atoms with Crippen LogP contribution in [-0.4, -0.2) is 13.7 Å². The molecule has 0 heterocycles. The molecule has 0 fully saturated rings. The predicted molar refractivity (Wildman–Crippen MR) is 48.9 cm³/mol. The lowest BCUT2D eigenvalue weighted by Gasteiger charge is -2.01. The van der Waals surface area contributed by atoms with Gasteiger partial charge in [-0.3, -0.25) is 0 Å². The van der Waals surface area contributed by atoms with Crippen LogP contribution in [0.2, 0.25) is 0 Å². The summed E-state index contributed by atoms with van der Waals surface area (Å²) in [4.78, 5) is 0. The smallest absolute Gasteiger partial charge is 0.137 e. The van der Waals surface area contributed by atoms with Crippen LogP contribution in [0, 0.1) is 17.7 Å². The zero-order valence-electron chi connectivity index (χ0n) is 7.30. The molecule has 0 spiro atoms. The highest BCUT2D eigenvalue weighted by Crippen LogP contribution is 2.17. The molecular weight excluding hydrogens is 169 g/mol. The maximum absolute atomic E-state index is 12.7. The molecule has 2 N–H and O–H groups in total. The van der Waals surface area contributed by atoms with E-state index < -0.39 is 0 Å². The number of rotatable bonds is 1. The Labute approximate surface area is 76.5 Å². The molecule has 1 rings (SSSR count). The number of hydrogen-bond donors (Lipinski definition) is 1. The van der Waals surface area contributed by atoms with Gasteiger partial charge < -0.3 is 10.5 Å². The first kappa shape index (κ1) is 9.56. The first-order valence-corrected chi connectivity index (χ1v) is 3.80. The van der Waals surface area contributed by atoms with Crippen molar-refractivity contribution in [2.45, 2.75) is 0 Å². The van der Waals surface area contributed by atoms with Crippen molar-refractivity contribution in [3.63, 3.8) is 0 Å². The zero-order chi connectivity index (χ0) is 9.68. The molecule has 0 aliphatic carbocycles. The third kappa shape index (κ3) is 2.46. The van der Waals surface area contributed by atoms with E-state index in [1.54, 1.807) is 6.07 Å². The van der Waals surface area contributed by atoms with Crippen molar-refractivity contribution in [2.75, 3.05) is 13.7 Å². The molecule has 0 bridgehead atoms. The number of ether oxygens (including phenoxy) is 1. The van der Waals surface area contributed by atoms with E-state index in [0.717, 1.165) is 0 Å². The Morgan fingerprint density at radius 1 is 1.54 bits per heavy atom. The predicted octanol–water partition coefficient (Wildman–Crippen LogP) is 1.14. The maximum atomic E-state index is 12.7. The summed E-state index contributed by atoms with van der Waals surface area (Å²) in [6.45, 7) is 0.278. The molecule has 2 nitrogen and oxygen atoms in total. The quantitative estimate of drug-likeness (QED) is 0.656. The Hall–Kier alpha value is -1.53. The van der Waals surface area contributed by atoms with Gasteiger partial charge in [0.1, 0.15) is 11.6 Å². The van der Waals surface area contributed by atoms with Gasteiger partial charge in [0, 0.05) is 6.07 Å². The molecule has 1 aromatic rings. The lowest BCUT2D eigenvalue weighted by atomic mass is 10.2. The van der Waals surface area contributed by atoms with Gasteiger partial charge in [-0.2, -0.15) is 0 Å². The molecule has 0 aromatic heterocycles. The van der Waals surface area contributed by atoms with Crippen LogP contribution in [0.5, 0.6) is 5.75 Å². The van der Waals surface area contributed by atoms with Crippen molar-refractivity contribution < 1.29 is 9.13 Å². The summed E-state index contributed by atoms with van der Waals surface area (Å²) in [6.07, 6.45) is 0. The largest absolute Gasteiger partial charge is 0.495 e. The average molecular weight is 179 g/mol. The van der Waals surface area contributed by atoms with E-state index in [2.05, 4.69) is 11.8 Å². The molecule has 0 amide bonds. The van der Waals surface area contributed by atoms with E-state index >= 15 is 0 Å². The Balaban J connectivity index is 3.06. The molecule has 0 saturated carbocycles. The van der Waals surface area contributed by atoms with Gasteiger partial charge >= 0.3 is 0 Å². The van der Waals surface area contributed by atoms with Crippen LogP contribution in [0.4, 0.5) is 4.39 Å². The van der Waals surface area contributed by atoms with E-state index in [0.29, 0.717) is 11.3 Å². The van der Waals surface area contributed by atoms with Crippen LogP contribution in [0.25, 0.3) is 0 Å². The SMILES string of the molecule is COc1cc(F)ccc1C#CCN. The minimum Gasteiger partial charge on any atom is -0.495 e. The number of nitrogens with two attached hydrogens (primary N) is 1. The van der Waals surface area contributed by atoms with Gasteiger partial charge in [-0.25, -0.2) is 4.39 Å². The molecule has 0 aliphatic rings. The normalized spacial score (nSPS) is 8.85. The van der Waals surface area contributed by atoms with Gasteiger partial charge in [0.15, 0.2) is 0 Å². The molecule has 68 valence electrons. The number of halogens is 1. The number of hydrogen-bond acceptors (Lipinski definition) is 2. The van der Waals surface area contributed by atoms with Crippen molar-refractivity contribution >= 4 is 0 Å². The van der Waals surface area contributed by atoms with E-state index in [1.807, 2.05) is 0 Å². The third-order valence-corrected chi connectivity index (χ3v) is 1.49. The number of benzene rings is 1. The lowest BCUT2D eigenvalue weighted by molar-refractivity contribution is 0.410. The summed E-state index contributed by atoms with van der Waals surface area (Å²) in [5.74, 6) is 5.55. The summed E-state index contributed by atoms with van der Waals surface area (Å²) in [5.41, 5.74) is 5.86. The van der Waals surface area contributed by atoms with Crippen molar-refractivity contribution in [1.82, 2.24) is 0 Å². The molecule has 13 heavy (non-hydrogen) atoms. The van der Waals surface area contributed by atoms with E-state index in [9.17, 15) is 4.39 Å². The summed E-state index contributed by atoms with van der Waals surface area (Å²) in [6, 6.07) is 4.19. The maximum Gasteiger partial charge on any atom is 0.137 e. The second-order valence-corrected chi connectivity index (χ2v) is 2.35. The molecular formula is C10H10FNO. The van der Waals surface area contributed by atoms with Crippen molar-refractivity contribution in [3.05, 3.63) is 29.6 Å². The molecule has 0 radical (unpaired) electrons.